The second-order valence-corrected chi connectivity index (χ2v) is 3.41. The van der Waals surface area contributed by atoms with E-state index in [1.54, 1.807) is 12.1 Å². The van der Waals surface area contributed by atoms with Crippen LogP contribution in [-0.4, -0.2) is 9.73 Å². The Morgan fingerprint density at radius 1 is 1.36 bits per heavy atom. The maximum absolute atomic E-state index is 11.1. The van der Waals surface area contributed by atoms with Crippen LogP contribution in [0.15, 0.2) is 35.2 Å². The van der Waals surface area contributed by atoms with Crippen molar-refractivity contribution in [1.82, 2.24) is 0 Å². The molecule has 0 radical (unpaired) electrons. The third-order valence-electron chi connectivity index (χ3n) is 1.09. The summed E-state index contributed by atoms with van der Waals surface area (Å²) in [6.45, 7) is 0. The van der Waals surface area contributed by atoms with Gasteiger partial charge in [0.25, 0.3) is 0 Å². The molecular formula is C7H7BrO2S. The van der Waals surface area contributed by atoms with Crippen LogP contribution in [0.3, 0.4) is 0 Å². The largest absolute Gasteiger partial charge is 0.275 e. The summed E-state index contributed by atoms with van der Waals surface area (Å²) in [5.41, 5.74) is 0.286. The first-order valence-electron chi connectivity index (χ1n) is 3.00. The lowest BCUT2D eigenvalue weighted by molar-refractivity contribution is 0.429. The third-order valence-corrected chi connectivity index (χ3v) is 2.61. The van der Waals surface area contributed by atoms with Gasteiger partial charge in [-0.1, -0.05) is 34.1 Å². The molecule has 2 nitrogen and oxygen atoms in total. The second-order valence-electron chi connectivity index (χ2n) is 1.77. The van der Waals surface area contributed by atoms with E-state index in [4.69, 9.17) is 4.18 Å². The molecule has 1 aromatic carbocycles. The summed E-state index contributed by atoms with van der Waals surface area (Å²) in [7, 11) is 0. The molecule has 0 amide bonds. The van der Waals surface area contributed by atoms with Gasteiger partial charge in [-0.25, -0.2) is 4.21 Å². The Bertz CT molecular complexity index is 237. The van der Waals surface area contributed by atoms with E-state index in [2.05, 4.69) is 15.9 Å². The fourth-order valence-corrected chi connectivity index (χ4v) is 1.75. The summed E-state index contributed by atoms with van der Waals surface area (Å²) in [5, 5.41) is 0. The van der Waals surface area contributed by atoms with Crippen molar-refractivity contribution in [1.29, 1.82) is 0 Å². The van der Waals surface area contributed by atoms with Crippen LogP contribution in [0.2, 0.25) is 0 Å². The minimum atomic E-state index is -1.33. The van der Waals surface area contributed by atoms with Crippen LogP contribution in [0.25, 0.3) is 0 Å². The minimum Gasteiger partial charge on any atom is -0.275 e. The molecular weight excluding hydrogens is 228 g/mol. The number of hydrogen-bond donors (Lipinski definition) is 0. The summed E-state index contributed by atoms with van der Waals surface area (Å²) >= 11 is 1.70. The van der Waals surface area contributed by atoms with Gasteiger partial charge in [0, 0.05) is 0 Å². The number of halogens is 1. The molecule has 60 valence electrons. The molecule has 0 N–H and O–H groups in total. The summed E-state index contributed by atoms with van der Waals surface area (Å²) in [6.07, 6.45) is 0. The van der Waals surface area contributed by atoms with Crippen LogP contribution >= 0.6 is 15.9 Å². The molecule has 11 heavy (non-hydrogen) atoms. The van der Waals surface area contributed by atoms with Gasteiger partial charge in [-0.15, -0.1) is 0 Å². The van der Waals surface area contributed by atoms with E-state index in [1.165, 1.54) is 0 Å². The van der Waals surface area contributed by atoms with Gasteiger partial charge < -0.3 is 0 Å². The molecule has 0 aromatic heterocycles. The predicted molar refractivity (Wildman–Crippen MR) is 47.7 cm³/mol. The Kier molecular flexibility index (Phi) is 3.76. The van der Waals surface area contributed by atoms with Gasteiger partial charge in [0.15, 0.2) is 11.1 Å². The molecule has 0 saturated carbocycles. The fourth-order valence-electron chi connectivity index (χ4n) is 0.640. The Morgan fingerprint density at radius 2 is 2.00 bits per heavy atom. The summed E-state index contributed by atoms with van der Waals surface area (Å²) in [4.78, 5) is 0.687. The van der Waals surface area contributed by atoms with Crippen LogP contribution in [0.1, 0.15) is 0 Å². The molecule has 0 fully saturated rings. The summed E-state index contributed by atoms with van der Waals surface area (Å²) < 4.78 is 15.9. The highest BCUT2D eigenvalue weighted by Gasteiger charge is 2.00. The van der Waals surface area contributed by atoms with E-state index >= 15 is 0 Å². The normalized spacial score (nSPS) is 12.8. The molecule has 0 spiro atoms. The number of rotatable bonds is 3. The first-order chi connectivity index (χ1) is 5.34. The summed E-state index contributed by atoms with van der Waals surface area (Å²) in [6, 6.07) is 9.04. The topological polar surface area (TPSA) is 26.3 Å². The number of hydrogen-bond acceptors (Lipinski definition) is 2. The highest BCUT2D eigenvalue weighted by molar-refractivity contribution is 9.09. The lowest BCUT2D eigenvalue weighted by atomic mass is 10.4. The van der Waals surface area contributed by atoms with Gasteiger partial charge in [-0.05, 0) is 12.1 Å². The van der Waals surface area contributed by atoms with Gasteiger partial charge >= 0.3 is 0 Å². The van der Waals surface area contributed by atoms with Crippen molar-refractivity contribution in [2.24, 2.45) is 0 Å². The molecule has 1 unspecified atom stereocenters. The molecule has 1 rings (SSSR count). The zero-order chi connectivity index (χ0) is 8.10. The molecule has 0 bridgehead atoms. The average molecular weight is 235 g/mol. The Hall–Kier alpha value is -0.190. The molecule has 1 atom stereocenters. The van der Waals surface area contributed by atoms with Gasteiger partial charge in [-0.3, -0.25) is 4.18 Å². The molecule has 0 aliphatic rings. The van der Waals surface area contributed by atoms with Crippen LogP contribution < -0.4 is 0 Å². The number of benzene rings is 1. The quantitative estimate of drug-likeness (QED) is 0.749. The minimum absolute atomic E-state index is 0.286. The lowest BCUT2D eigenvalue weighted by Crippen LogP contribution is -1.94. The predicted octanol–water partition coefficient (Wildman–Crippen LogP) is 2.08. The maximum Gasteiger partial charge on any atom is 0.189 e. The Labute approximate surface area is 76.4 Å². The van der Waals surface area contributed by atoms with Crippen molar-refractivity contribution in [3.8, 4) is 0 Å². The van der Waals surface area contributed by atoms with Crippen LogP contribution in [0, 0.1) is 0 Å². The molecule has 0 aliphatic carbocycles. The van der Waals surface area contributed by atoms with Crippen molar-refractivity contribution >= 4 is 27.0 Å². The smallest absolute Gasteiger partial charge is 0.189 e. The highest BCUT2D eigenvalue weighted by atomic mass is 79.9. The lowest BCUT2D eigenvalue weighted by Gasteiger charge is -1.97. The Balaban J connectivity index is 2.69. The van der Waals surface area contributed by atoms with E-state index in [0.717, 1.165) is 0 Å². The van der Waals surface area contributed by atoms with Gasteiger partial charge in [-0.2, -0.15) is 0 Å². The molecule has 0 heterocycles. The van der Waals surface area contributed by atoms with E-state index in [9.17, 15) is 4.21 Å². The van der Waals surface area contributed by atoms with Gasteiger partial charge in [0.2, 0.25) is 0 Å². The number of alkyl halides is 1. The molecule has 0 saturated heterocycles. The molecule has 0 aliphatic heterocycles. The average Bonchev–Trinajstić information content (AvgIpc) is 2.07. The first kappa shape index (κ1) is 8.90. The van der Waals surface area contributed by atoms with Crippen LogP contribution in [-0.2, 0) is 15.3 Å². The van der Waals surface area contributed by atoms with E-state index in [0.29, 0.717) is 4.90 Å². The molecule has 1 aromatic rings. The van der Waals surface area contributed by atoms with E-state index < -0.39 is 11.1 Å². The standard InChI is InChI=1S/C7H7BrO2S/c8-6-10-11(9)7-4-2-1-3-5-7/h1-5H,6H2. The third kappa shape index (κ3) is 2.73. The van der Waals surface area contributed by atoms with Gasteiger partial charge in [0.1, 0.15) is 5.52 Å². The van der Waals surface area contributed by atoms with Crippen molar-refractivity contribution in [2.75, 3.05) is 5.52 Å². The zero-order valence-corrected chi connectivity index (χ0v) is 8.10. The fraction of sp³-hybridized carbons (Fsp3) is 0.143. The maximum atomic E-state index is 11.1. The van der Waals surface area contributed by atoms with Crippen LogP contribution in [0.5, 0.6) is 0 Å². The van der Waals surface area contributed by atoms with Crippen molar-refractivity contribution in [3.63, 3.8) is 0 Å². The van der Waals surface area contributed by atoms with E-state index in [-0.39, 0.29) is 5.52 Å². The van der Waals surface area contributed by atoms with E-state index in [1.807, 2.05) is 18.2 Å². The monoisotopic (exact) mass is 234 g/mol. The van der Waals surface area contributed by atoms with Crippen molar-refractivity contribution in [2.45, 2.75) is 4.90 Å². The Morgan fingerprint density at radius 3 is 2.55 bits per heavy atom. The summed E-state index contributed by atoms with van der Waals surface area (Å²) in [5.74, 6) is 0. The zero-order valence-electron chi connectivity index (χ0n) is 5.70. The second kappa shape index (κ2) is 4.64. The first-order valence-corrected chi connectivity index (χ1v) is 5.20. The van der Waals surface area contributed by atoms with Crippen molar-refractivity contribution < 1.29 is 8.39 Å². The van der Waals surface area contributed by atoms with Crippen LogP contribution in [0.4, 0.5) is 0 Å². The molecule has 4 heteroatoms. The van der Waals surface area contributed by atoms with Gasteiger partial charge in [0.05, 0.1) is 4.90 Å². The SMILES string of the molecule is O=S(OCBr)c1ccccc1. The highest BCUT2D eigenvalue weighted by Crippen LogP contribution is 2.06. The van der Waals surface area contributed by atoms with Crippen molar-refractivity contribution in [3.05, 3.63) is 30.3 Å².